The Bertz CT molecular complexity index is 1240. The third kappa shape index (κ3) is 3.80. The van der Waals surface area contributed by atoms with Gasteiger partial charge in [0.25, 0.3) is 11.9 Å². The SMILES string of the molecule is COc1ccc([C@H]2C[C@H](c3ccccc3Cl)n3nc(NC(=O)c4ccco4)nc3N2)cc1. The lowest BCUT2D eigenvalue weighted by Gasteiger charge is -2.32. The van der Waals surface area contributed by atoms with Gasteiger partial charge in [0.05, 0.1) is 25.5 Å². The maximum Gasteiger partial charge on any atom is 0.293 e. The first kappa shape index (κ1) is 20.1. The summed E-state index contributed by atoms with van der Waals surface area (Å²) in [6.07, 6.45) is 2.13. The Labute approximate surface area is 189 Å². The van der Waals surface area contributed by atoms with Crippen molar-refractivity contribution in [3.05, 3.63) is 88.8 Å². The van der Waals surface area contributed by atoms with Gasteiger partial charge in [0, 0.05) is 5.02 Å². The number of anilines is 2. The van der Waals surface area contributed by atoms with Crippen LogP contribution in [0.25, 0.3) is 0 Å². The van der Waals surface area contributed by atoms with Gasteiger partial charge in [0.15, 0.2) is 5.76 Å². The molecule has 2 N–H and O–H groups in total. The number of carbonyl (C=O) groups excluding carboxylic acids is 1. The highest BCUT2D eigenvalue weighted by atomic mass is 35.5. The van der Waals surface area contributed by atoms with Crippen LogP contribution in [0.15, 0.2) is 71.3 Å². The maximum absolute atomic E-state index is 12.4. The average Bonchev–Trinajstić information content (AvgIpc) is 3.49. The van der Waals surface area contributed by atoms with Crippen molar-refractivity contribution in [2.24, 2.45) is 0 Å². The van der Waals surface area contributed by atoms with Crippen LogP contribution in [0.1, 0.15) is 40.2 Å². The molecule has 1 aliphatic heterocycles. The minimum absolute atomic E-state index is 0.0347. The normalized spacial score (nSPS) is 17.3. The average molecular weight is 450 g/mol. The van der Waals surface area contributed by atoms with Crippen LogP contribution in [0.5, 0.6) is 5.75 Å². The van der Waals surface area contributed by atoms with Gasteiger partial charge in [-0.15, -0.1) is 5.10 Å². The fourth-order valence-corrected chi connectivity index (χ4v) is 4.12. The Morgan fingerprint density at radius 3 is 2.72 bits per heavy atom. The van der Waals surface area contributed by atoms with Gasteiger partial charge >= 0.3 is 0 Å². The van der Waals surface area contributed by atoms with Crippen molar-refractivity contribution >= 4 is 29.4 Å². The molecule has 2 atom stereocenters. The highest BCUT2D eigenvalue weighted by molar-refractivity contribution is 6.31. The van der Waals surface area contributed by atoms with Crippen molar-refractivity contribution in [1.29, 1.82) is 0 Å². The second-order valence-electron chi connectivity index (χ2n) is 7.38. The Morgan fingerprint density at radius 2 is 2.00 bits per heavy atom. The summed E-state index contributed by atoms with van der Waals surface area (Å²) >= 11 is 6.54. The third-order valence-corrected chi connectivity index (χ3v) is 5.79. The van der Waals surface area contributed by atoms with Crippen LogP contribution in [0.4, 0.5) is 11.9 Å². The van der Waals surface area contributed by atoms with E-state index in [0.29, 0.717) is 17.4 Å². The molecule has 0 radical (unpaired) electrons. The molecule has 0 aliphatic carbocycles. The highest BCUT2D eigenvalue weighted by Crippen LogP contribution is 2.40. The first-order valence-electron chi connectivity index (χ1n) is 10.1. The first-order chi connectivity index (χ1) is 15.6. The molecule has 8 nitrogen and oxygen atoms in total. The van der Waals surface area contributed by atoms with E-state index >= 15 is 0 Å². The summed E-state index contributed by atoms with van der Waals surface area (Å²) in [5, 5.41) is 11.3. The molecule has 0 saturated carbocycles. The minimum Gasteiger partial charge on any atom is -0.497 e. The van der Waals surface area contributed by atoms with Gasteiger partial charge in [-0.25, -0.2) is 4.68 Å². The van der Waals surface area contributed by atoms with Crippen LogP contribution >= 0.6 is 11.6 Å². The van der Waals surface area contributed by atoms with E-state index in [9.17, 15) is 4.79 Å². The number of aromatic nitrogens is 3. The number of methoxy groups -OCH3 is 1. The van der Waals surface area contributed by atoms with Crippen molar-refractivity contribution < 1.29 is 13.9 Å². The van der Waals surface area contributed by atoms with Crippen LogP contribution in [0, 0.1) is 0 Å². The molecule has 2 aromatic carbocycles. The zero-order valence-electron chi connectivity index (χ0n) is 17.2. The summed E-state index contributed by atoms with van der Waals surface area (Å²) in [5.74, 6) is 1.28. The fourth-order valence-electron chi connectivity index (χ4n) is 3.86. The minimum atomic E-state index is -0.418. The van der Waals surface area contributed by atoms with Crippen LogP contribution in [0.2, 0.25) is 5.02 Å². The summed E-state index contributed by atoms with van der Waals surface area (Å²) < 4.78 is 12.2. The fraction of sp³-hybridized carbons (Fsp3) is 0.174. The molecular formula is C23H20ClN5O3. The molecule has 0 bridgehead atoms. The third-order valence-electron chi connectivity index (χ3n) is 5.44. The zero-order valence-corrected chi connectivity index (χ0v) is 17.9. The monoisotopic (exact) mass is 449 g/mol. The van der Waals surface area contributed by atoms with E-state index in [1.807, 2.05) is 48.5 Å². The summed E-state index contributed by atoms with van der Waals surface area (Å²) in [6, 6.07) is 18.6. The van der Waals surface area contributed by atoms with Crippen molar-refractivity contribution in [1.82, 2.24) is 14.8 Å². The number of carbonyl (C=O) groups is 1. The lowest BCUT2D eigenvalue weighted by atomic mass is 9.93. The predicted molar refractivity (Wildman–Crippen MR) is 120 cm³/mol. The van der Waals surface area contributed by atoms with Crippen LogP contribution in [0.3, 0.4) is 0 Å². The Morgan fingerprint density at radius 1 is 1.19 bits per heavy atom. The van der Waals surface area contributed by atoms with E-state index in [2.05, 4.69) is 20.7 Å². The van der Waals surface area contributed by atoms with Crippen LogP contribution < -0.4 is 15.4 Å². The quantitative estimate of drug-likeness (QED) is 0.448. The Hall–Kier alpha value is -3.78. The molecule has 3 heterocycles. The molecule has 0 fully saturated rings. The molecule has 162 valence electrons. The van der Waals surface area contributed by atoms with Crippen molar-refractivity contribution in [2.45, 2.75) is 18.5 Å². The van der Waals surface area contributed by atoms with Crippen LogP contribution in [-0.4, -0.2) is 27.8 Å². The molecule has 1 aliphatic rings. The number of amides is 1. The molecule has 2 aromatic heterocycles. The molecule has 4 aromatic rings. The topological polar surface area (TPSA) is 94.2 Å². The van der Waals surface area contributed by atoms with Gasteiger partial charge in [0.2, 0.25) is 5.95 Å². The van der Waals surface area contributed by atoms with E-state index in [0.717, 1.165) is 16.9 Å². The number of fused-ring (bicyclic) bond motifs is 1. The summed E-state index contributed by atoms with van der Waals surface area (Å²) in [5.41, 5.74) is 2.02. The van der Waals surface area contributed by atoms with E-state index < -0.39 is 5.91 Å². The predicted octanol–water partition coefficient (Wildman–Crippen LogP) is 4.93. The molecule has 5 rings (SSSR count). The molecule has 32 heavy (non-hydrogen) atoms. The Balaban J connectivity index is 1.50. The second-order valence-corrected chi connectivity index (χ2v) is 7.79. The molecule has 0 saturated heterocycles. The lowest BCUT2D eigenvalue weighted by molar-refractivity contribution is 0.0995. The van der Waals surface area contributed by atoms with Gasteiger partial charge < -0.3 is 14.5 Å². The first-order valence-corrected chi connectivity index (χ1v) is 10.5. The van der Waals surface area contributed by atoms with Crippen molar-refractivity contribution in [3.63, 3.8) is 0 Å². The van der Waals surface area contributed by atoms with E-state index in [-0.39, 0.29) is 23.8 Å². The number of rotatable bonds is 5. The number of hydrogen-bond acceptors (Lipinski definition) is 6. The number of hydrogen-bond donors (Lipinski definition) is 2. The summed E-state index contributed by atoms with van der Waals surface area (Å²) in [7, 11) is 1.64. The van der Waals surface area contributed by atoms with Gasteiger partial charge in [-0.3, -0.25) is 10.1 Å². The maximum atomic E-state index is 12.4. The molecule has 9 heteroatoms. The highest BCUT2D eigenvalue weighted by Gasteiger charge is 2.32. The number of furan rings is 1. The van der Waals surface area contributed by atoms with Gasteiger partial charge in [-0.2, -0.15) is 4.98 Å². The number of nitrogens with one attached hydrogen (secondary N) is 2. The zero-order chi connectivity index (χ0) is 22.1. The van der Waals surface area contributed by atoms with Crippen molar-refractivity contribution in [2.75, 3.05) is 17.7 Å². The van der Waals surface area contributed by atoms with Gasteiger partial charge in [0.1, 0.15) is 5.75 Å². The number of nitrogens with zero attached hydrogens (tertiary/aromatic N) is 3. The van der Waals surface area contributed by atoms with Crippen LogP contribution in [-0.2, 0) is 0 Å². The second kappa shape index (κ2) is 8.39. The van der Waals surface area contributed by atoms with Gasteiger partial charge in [-0.05, 0) is 47.9 Å². The molecular weight excluding hydrogens is 430 g/mol. The molecule has 1 amide bonds. The smallest absolute Gasteiger partial charge is 0.293 e. The number of benzene rings is 2. The Kier molecular flexibility index (Phi) is 5.28. The molecule has 0 spiro atoms. The lowest BCUT2D eigenvalue weighted by Crippen LogP contribution is -2.28. The molecule has 0 unspecified atom stereocenters. The van der Waals surface area contributed by atoms with E-state index in [1.54, 1.807) is 23.9 Å². The van der Waals surface area contributed by atoms with Gasteiger partial charge in [-0.1, -0.05) is 41.9 Å². The largest absolute Gasteiger partial charge is 0.497 e. The van der Waals surface area contributed by atoms with Crippen molar-refractivity contribution in [3.8, 4) is 5.75 Å². The number of halogens is 1. The van der Waals surface area contributed by atoms with E-state index in [1.165, 1.54) is 6.26 Å². The summed E-state index contributed by atoms with van der Waals surface area (Å²) in [6.45, 7) is 0. The number of ether oxygens (including phenoxy) is 1. The standard InChI is InChI=1S/C23H20ClN5O3/c1-31-15-10-8-14(9-11-15)18-13-19(16-5-2-3-6-17(16)24)29-23(25-18)27-22(28-29)26-21(30)20-7-4-12-32-20/h2-12,18-19H,13H2,1H3,(H2,25,26,27,28,30)/t18-,19-/m1/s1. The summed E-state index contributed by atoms with van der Waals surface area (Å²) in [4.78, 5) is 16.9. The van der Waals surface area contributed by atoms with E-state index in [4.69, 9.17) is 20.8 Å².